The first-order valence-electron chi connectivity index (χ1n) is 7.75. The van der Waals surface area contributed by atoms with E-state index in [2.05, 4.69) is 4.98 Å². The second-order valence-electron chi connectivity index (χ2n) is 5.96. The van der Waals surface area contributed by atoms with Gasteiger partial charge in [0.1, 0.15) is 11.5 Å². The predicted molar refractivity (Wildman–Crippen MR) is 82.0 cm³/mol. The number of halogens is 2. The Balaban J connectivity index is 1.80. The molecule has 1 aromatic heterocycles. The number of aromatic nitrogens is 2. The number of imidazole rings is 1. The molecule has 0 radical (unpaired) electrons. The lowest BCUT2D eigenvalue weighted by Crippen LogP contribution is -2.30. The van der Waals surface area contributed by atoms with Crippen LogP contribution in [0.5, 0.6) is 0 Å². The van der Waals surface area contributed by atoms with Gasteiger partial charge in [-0.25, -0.2) is 13.8 Å². The quantitative estimate of drug-likeness (QED) is 0.870. The van der Waals surface area contributed by atoms with Crippen LogP contribution < -0.4 is 0 Å². The summed E-state index contributed by atoms with van der Waals surface area (Å²) in [5, 5.41) is 0. The first kappa shape index (κ1) is 15.6. The molecular formula is C17H19F2N3O. The monoisotopic (exact) mass is 319 g/mol. The molecule has 1 aromatic carbocycles. The van der Waals surface area contributed by atoms with E-state index in [4.69, 9.17) is 0 Å². The van der Waals surface area contributed by atoms with Gasteiger partial charge in [0.2, 0.25) is 0 Å². The Kier molecular flexibility index (Phi) is 4.15. The topological polar surface area (TPSA) is 38.1 Å². The van der Waals surface area contributed by atoms with E-state index in [1.807, 2.05) is 4.57 Å². The second kappa shape index (κ2) is 6.10. The van der Waals surface area contributed by atoms with Crippen molar-refractivity contribution in [3.05, 3.63) is 53.1 Å². The van der Waals surface area contributed by atoms with E-state index in [1.165, 1.54) is 11.0 Å². The minimum absolute atomic E-state index is 0.218. The zero-order valence-corrected chi connectivity index (χ0v) is 13.2. The summed E-state index contributed by atoms with van der Waals surface area (Å²) in [6.45, 7) is 2.67. The van der Waals surface area contributed by atoms with E-state index in [1.54, 1.807) is 20.2 Å². The van der Waals surface area contributed by atoms with E-state index in [9.17, 15) is 13.6 Å². The van der Waals surface area contributed by atoms with Gasteiger partial charge in [-0.05, 0) is 37.5 Å². The molecule has 1 unspecified atom stereocenters. The molecule has 4 nitrogen and oxygen atoms in total. The van der Waals surface area contributed by atoms with Crippen LogP contribution in [0.3, 0.4) is 0 Å². The third-order valence-corrected chi connectivity index (χ3v) is 4.46. The second-order valence-corrected chi connectivity index (χ2v) is 5.96. The average molecular weight is 319 g/mol. The number of benzene rings is 1. The SMILES string of the molecule is CC(c1ccc(F)c(F)c1)N(C)C(=O)c1cn2c(n1)CCCC2. The van der Waals surface area contributed by atoms with Crippen LogP contribution in [0.1, 0.15) is 47.7 Å². The average Bonchev–Trinajstić information content (AvgIpc) is 2.99. The highest BCUT2D eigenvalue weighted by Gasteiger charge is 2.23. The maximum Gasteiger partial charge on any atom is 0.274 e. The molecule has 0 saturated carbocycles. The van der Waals surface area contributed by atoms with E-state index >= 15 is 0 Å². The minimum atomic E-state index is -0.910. The Morgan fingerprint density at radius 1 is 1.30 bits per heavy atom. The molecule has 1 amide bonds. The number of nitrogens with zero attached hydrogens (tertiary/aromatic N) is 3. The molecule has 1 aliphatic heterocycles. The molecule has 3 rings (SSSR count). The highest BCUT2D eigenvalue weighted by molar-refractivity contribution is 5.92. The number of carbonyl (C=O) groups is 1. The maximum atomic E-state index is 13.4. The molecule has 23 heavy (non-hydrogen) atoms. The number of fused-ring (bicyclic) bond motifs is 1. The molecule has 122 valence electrons. The summed E-state index contributed by atoms with van der Waals surface area (Å²) >= 11 is 0. The molecule has 0 saturated heterocycles. The van der Waals surface area contributed by atoms with Gasteiger partial charge in [0, 0.05) is 26.2 Å². The largest absolute Gasteiger partial charge is 0.334 e. The molecular weight excluding hydrogens is 300 g/mol. The standard InChI is InChI=1S/C17H19F2N3O/c1-11(12-6-7-13(18)14(19)9-12)21(2)17(23)15-10-22-8-4-3-5-16(22)20-15/h6-7,9-11H,3-5,8H2,1-2H3. The summed E-state index contributed by atoms with van der Waals surface area (Å²) in [5.74, 6) is -1.08. The van der Waals surface area contributed by atoms with Gasteiger partial charge in [-0.15, -0.1) is 0 Å². The summed E-state index contributed by atoms with van der Waals surface area (Å²) in [5.41, 5.74) is 0.947. The number of hydrogen-bond donors (Lipinski definition) is 0. The first-order chi connectivity index (χ1) is 11.0. The Labute approximate surface area is 133 Å². The van der Waals surface area contributed by atoms with Crippen LogP contribution >= 0.6 is 0 Å². The van der Waals surface area contributed by atoms with Gasteiger partial charge in [0.15, 0.2) is 11.6 Å². The molecule has 0 spiro atoms. The molecule has 0 fully saturated rings. The van der Waals surface area contributed by atoms with Crippen molar-refractivity contribution in [3.63, 3.8) is 0 Å². The molecule has 1 atom stereocenters. The van der Waals surface area contributed by atoms with E-state index in [-0.39, 0.29) is 11.9 Å². The maximum absolute atomic E-state index is 13.4. The van der Waals surface area contributed by atoms with Crippen LogP contribution in [0.25, 0.3) is 0 Å². The van der Waals surface area contributed by atoms with Crippen molar-refractivity contribution in [1.82, 2.24) is 14.5 Å². The van der Waals surface area contributed by atoms with Gasteiger partial charge >= 0.3 is 0 Å². The minimum Gasteiger partial charge on any atom is -0.334 e. The van der Waals surface area contributed by atoms with Crippen molar-refractivity contribution in [2.75, 3.05) is 7.05 Å². The van der Waals surface area contributed by atoms with Crippen LogP contribution in [-0.4, -0.2) is 27.4 Å². The van der Waals surface area contributed by atoms with Crippen LogP contribution in [-0.2, 0) is 13.0 Å². The van der Waals surface area contributed by atoms with Gasteiger partial charge in [0.25, 0.3) is 5.91 Å². The lowest BCUT2D eigenvalue weighted by Gasteiger charge is -2.24. The number of rotatable bonds is 3. The van der Waals surface area contributed by atoms with E-state index < -0.39 is 11.6 Å². The van der Waals surface area contributed by atoms with Crippen LogP contribution in [0.4, 0.5) is 8.78 Å². The van der Waals surface area contributed by atoms with Gasteiger partial charge < -0.3 is 9.47 Å². The third kappa shape index (κ3) is 2.98. The number of hydrogen-bond acceptors (Lipinski definition) is 2. The molecule has 0 aliphatic carbocycles. The van der Waals surface area contributed by atoms with Crippen molar-refractivity contribution < 1.29 is 13.6 Å². The third-order valence-electron chi connectivity index (χ3n) is 4.46. The zero-order chi connectivity index (χ0) is 16.6. The Hall–Kier alpha value is -2.24. The lowest BCUT2D eigenvalue weighted by molar-refractivity contribution is 0.0736. The first-order valence-corrected chi connectivity index (χ1v) is 7.75. The van der Waals surface area contributed by atoms with Crippen molar-refractivity contribution in [2.24, 2.45) is 0 Å². The highest BCUT2D eigenvalue weighted by atomic mass is 19.2. The van der Waals surface area contributed by atoms with Crippen LogP contribution in [0.15, 0.2) is 24.4 Å². The van der Waals surface area contributed by atoms with E-state index in [0.29, 0.717) is 11.3 Å². The van der Waals surface area contributed by atoms with Gasteiger partial charge in [0.05, 0.1) is 6.04 Å². The van der Waals surface area contributed by atoms with Gasteiger partial charge in [-0.1, -0.05) is 6.07 Å². The summed E-state index contributed by atoms with van der Waals surface area (Å²) < 4.78 is 28.5. The normalized spacial score (nSPS) is 15.1. The Bertz CT molecular complexity index is 718. The summed E-state index contributed by atoms with van der Waals surface area (Å²) in [6, 6.07) is 3.32. The molecule has 2 heterocycles. The summed E-state index contributed by atoms with van der Waals surface area (Å²) in [4.78, 5) is 18.5. The van der Waals surface area contributed by atoms with Crippen LogP contribution in [0, 0.1) is 11.6 Å². The molecule has 0 N–H and O–H groups in total. The Morgan fingerprint density at radius 3 is 2.78 bits per heavy atom. The van der Waals surface area contributed by atoms with E-state index in [0.717, 1.165) is 43.8 Å². The summed E-state index contributed by atoms with van der Waals surface area (Å²) in [6.07, 6.45) is 4.85. The highest BCUT2D eigenvalue weighted by Crippen LogP contribution is 2.23. The molecule has 1 aliphatic rings. The van der Waals surface area contributed by atoms with Crippen molar-refractivity contribution in [3.8, 4) is 0 Å². The zero-order valence-electron chi connectivity index (χ0n) is 13.2. The van der Waals surface area contributed by atoms with Crippen molar-refractivity contribution in [1.29, 1.82) is 0 Å². The van der Waals surface area contributed by atoms with Crippen molar-refractivity contribution in [2.45, 2.75) is 38.8 Å². The van der Waals surface area contributed by atoms with Crippen LogP contribution in [0.2, 0.25) is 0 Å². The number of carbonyl (C=O) groups excluding carboxylic acids is 1. The fourth-order valence-electron chi connectivity index (χ4n) is 2.87. The molecule has 0 bridgehead atoms. The predicted octanol–water partition coefficient (Wildman–Crippen LogP) is 3.33. The van der Waals surface area contributed by atoms with Crippen molar-refractivity contribution >= 4 is 5.91 Å². The number of aryl methyl sites for hydroxylation is 2. The molecule has 6 heteroatoms. The fourth-order valence-corrected chi connectivity index (χ4v) is 2.87. The number of amides is 1. The van der Waals surface area contributed by atoms with Gasteiger partial charge in [-0.2, -0.15) is 0 Å². The lowest BCUT2D eigenvalue weighted by atomic mass is 10.1. The fraction of sp³-hybridized carbons (Fsp3) is 0.412. The molecule has 2 aromatic rings. The van der Waals surface area contributed by atoms with Gasteiger partial charge in [-0.3, -0.25) is 4.79 Å². The Morgan fingerprint density at radius 2 is 2.09 bits per heavy atom. The summed E-state index contributed by atoms with van der Waals surface area (Å²) in [7, 11) is 1.65. The smallest absolute Gasteiger partial charge is 0.274 e.